The van der Waals surface area contributed by atoms with Gasteiger partial charge in [-0.3, -0.25) is 14.6 Å². The van der Waals surface area contributed by atoms with Gasteiger partial charge in [0.25, 0.3) is 0 Å². The molecule has 0 bridgehead atoms. The summed E-state index contributed by atoms with van der Waals surface area (Å²) in [4.78, 5) is 24.4. The van der Waals surface area contributed by atoms with E-state index in [4.69, 9.17) is 0 Å². The van der Waals surface area contributed by atoms with Crippen LogP contribution >= 0.6 is 0 Å². The van der Waals surface area contributed by atoms with Crippen molar-refractivity contribution in [2.45, 2.75) is 57.7 Å². The summed E-state index contributed by atoms with van der Waals surface area (Å²) in [6.45, 7) is 9.17. The van der Waals surface area contributed by atoms with Crippen molar-refractivity contribution < 1.29 is 4.79 Å². The second-order valence-electron chi connectivity index (χ2n) is 8.52. The summed E-state index contributed by atoms with van der Waals surface area (Å²) < 4.78 is 2.24. The van der Waals surface area contributed by atoms with Gasteiger partial charge in [0, 0.05) is 63.6 Å². The third kappa shape index (κ3) is 3.67. The minimum absolute atomic E-state index is 0.135. The van der Waals surface area contributed by atoms with Crippen LogP contribution in [0.25, 0.3) is 0 Å². The lowest BCUT2D eigenvalue weighted by Crippen LogP contribution is -2.60. The van der Waals surface area contributed by atoms with Crippen LogP contribution in [0.15, 0.2) is 12.4 Å². The van der Waals surface area contributed by atoms with E-state index in [1.165, 1.54) is 12.8 Å². The van der Waals surface area contributed by atoms with Crippen LogP contribution in [0.3, 0.4) is 0 Å². The van der Waals surface area contributed by atoms with Crippen molar-refractivity contribution in [2.75, 3.05) is 39.8 Å². The van der Waals surface area contributed by atoms with Gasteiger partial charge in [-0.1, -0.05) is 0 Å². The number of hydrogen-bond acceptors (Lipinski definition) is 4. The molecule has 1 aromatic heterocycles. The van der Waals surface area contributed by atoms with Crippen LogP contribution in [0.5, 0.6) is 0 Å². The van der Waals surface area contributed by atoms with Gasteiger partial charge in [0.15, 0.2) is 0 Å². The van der Waals surface area contributed by atoms with Crippen molar-refractivity contribution in [3.8, 4) is 0 Å². The Morgan fingerprint density at radius 3 is 2.85 bits per heavy atom. The first kappa shape index (κ1) is 18.0. The van der Waals surface area contributed by atoms with E-state index in [-0.39, 0.29) is 5.54 Å². The number of hydrogen-bond donors (Lipinski definition) is 0. The number of carbonyl (C=O) groups excluding carboxylic acids is 1. The second-order valence-corrected chi connectivity index (χ2v) is 8.52. The van der Waals surface area contributed by atoms with E-state index in [0.717, 1.165) is 70.4 Å². The fourth-order valence-corrected chi connectivity index (χ4v) is 4.69. The highest BCUT2D eigenvalue weighted by atomic mass is 16.2. The van der Waals surface area contributed by atoms with Gasteiger partial charge in [-0.15, -0.1) is 0 Å². The molecule has 1 amide bonds. The van der Waals surface area contributed by atoms with E-state index in [9.17, 15) is 4.79 Å². The molecule has 0 N–H and O–H groups in total. The molecular formula is C20H33N5O. The highest BCUT2D eigenvalue weighted by Gasteiger charge is 2.42. The number of imidazole rings is 1. The van der Waals surface area contributed by atoms with E-state index in [2.05, 4.69) is 44.4 Å². The summed E-state index contributed by atoms with van der Waals surface area (Å²) in [6, 6.07) is 0. The third-order valence-electron chi connectivity index (χ3n) is 6.77. The normalized spacial score (nSPS) is 28.7. The van der Waals surface area contributed by atoms with Gasteiger partial charge in [0.1, 0.15) is 5.82 Å². The quantitative estimate of drug-likeness (QED) is 0.804. The molecule has 144 valence electrons. The van der Waals surface area contributed by atoms with Crippen molar-refractivity contribution in [1.82, 2.24) is 24.3 Å². The summed E-state index contributed by atoms with van der Waals surface area (Å²) in [5.74, 6) is 2.31. The van der Waals surface area contributed by atoms with Gasteiger partial charge in [-0.2, -0.15) is 0 Å². The van der Waals surface area contributed by atoms with Crippen molar-refractivity contribution in [3.63, 3.8) is 0 Å². The minimum Gasteiger partial charge on any atom is -0.342 e. The molecule has 1 saturated carbocycles. The lowest BCUT2D eigenvalue weighted by molar-refractivity contribution is -0.131. The van der Waals surface area contributed by atoms with Gasteiger partial charge in [-0.05, 0) is 45.6 Å². The largest absolute Gasteiger partial charge is 0.342 e. The maximum Gasteiger partial charge on any atom is 0.222 e. The zero-order valence-electron chi connectivity index (χ0n) is 16.4. The summed E-state index contributed by atoms with van der Waals surface area (Å²) in [5.41, 5.74) is 0.135. The Bertz CT molecular complexity index is 640. The number of likely N-dealkylation sites (N-methyl/N-ethyl adjacent to an activating group) is 1. The molecular weight excluding hydrogens is 326 g/mol. The predicted molar refractivity (Wildman–Crippen MR) is 102 cm³/mol. The molecule has 0 unspecified atom stereocenters. The van der Waals surface area contributed by atoms with Gasteiger partial charge in [-0.25, -0.2) is 4.98 Å². The predicted octanol–water partition coefficient (Wildman–Crippen LogP) is 1.81. The average Bonchev–Trinajstić information content (AvgIpc) is 3.38. The van der Waals surface area contributed by atoms with E-state index in [0.29, 0.717) is 12.3 Å². The second kappa shape index (κ2) is 7.31. The number of aryl methyl sites for hydroxylation is 1. The van der Waals surface area contributed by atoms with Crippen molar-refractivity contribution in [3.05, 3.63) is 18.2 Å². The van der Waals surface area contributed by atoms with Crippen LogP contribution < -0.4 is 0 Å². The molecule has 3 fully saturated rings. The standard InChI is InChI=1S/C20H33N5O/c1-3-24-11-9-21-18(24)15-23-13-12-22(2)20(16-23)7-6-19(26)25(10-8-20)14-17-4-5-17/h9,11,17H,3-8,10,12-16H2,1-2H3/t20-/m1/s1. The number of aromatic nitrogens is 2. The molecule has 4 rings (SSSR count). The first-order chi connectivity index (χ1) is 12.6. The van der Waals surface area contributed by atoms with Crippen LogP contribution in [0.2, 0.25) is 0 Å². The van der Waals surface area contributed by atoms with Gasteiger partial charge >= 0.3 is 0 Å². The lowest BCUT2D eigenvalue weighted by Gasteiger charge is -2.49. The van der Waals surface area contributed by atoms with Gasteiger partial charge < -0.3 is 9.47 Å². The van der Waals surface area contributed by atoms with Crippen LogP contribution in [-0.2, 0) is 17.9 Å². The minimum atomic E-state index is 0.135. The average molecular weight is 360 g/mol. The van der Waals surface area contributed by atoms with Crippen molar-refractivity contribution in [1.29, 1.82) is 0 Å². The molecule has 3 aliphatic rings. The first-order valence-electron chi connectivity index (χ1n) is 10.3. The number of likely N-dealkylation sites (tertiary alicyclic amines) is 1. The summed E-state index contributed by atoms with van der Waals surface area (Å²) in [7, 11) is 2.26. The molecule has 6 heteroatoms. The molecule has 26 heavy (non-hydrogen) atoms. The van der Waals surface area contributed by atoms with Crippen molar-refractivity contribution in [2.24, 2.45) is 5.92 Å². The van der Waals surface area contributed by atoms with Crippen LogP contribution in [0.1, 0.15) is 44.9 Å². The Morgan fingerprint density at radius 1 is 1.23 bits per heavy atom. The topological polar surface area (TPSA) is 44.6 Å². The molecule has 0 radical (unpaired) electrons. The third-order valence-corrected chi connectivity index (χ3v) is 6.77. The zero-order valence-corrected chi connectivity index (χ0v) is 16.4. The molecule has 0 aromatic carbocycles. The highest BCUT2D eigenvalue weighted by molar-refractivity contribution is 5.76. The molecule has 6 nitrogen and oxygen atoms in total. The highest BCUT2D eigenvalue weighted by Crippen LogP contribution is 2.35. The fraction of sp³-hybridized carbons (Fsp3) is 0.800. The molecule has 1 aromatic rings. The van der Waals surface area contributed by atoms with Crippen LogP contribution in [0.4, 0.5) is 0 Å². The Balaban J connectivity index is 1.44. The maximum atomic E-state index is 12.6. The smallest absolute Gasteiger partial charge is 0.222 e. The number of nitrogens with zero attached hydrogens (tertiary/aromatic N) is 5. The van der Waals surface area contributed by atoms with Gasteiger partial charge in [0.05, 0.1) is 6.54 Å². The van der Waals surface area contributed by atoms with Crippen molar-refractivity contribution >= 4 is 5.91 Å². The van der Waals surface area contributed by atoms with Crippen LogP contribution in [-0.4, -0.2) is 75.5 Å². The number of rotatable bonds is 5. The van der Waals surface area contributed by atoms with E-state index in [1.807, 2.05) is 6.20 Å². The molecule has 2 aliphatic heterocycles. The van der Waals surface area contributed by atoms with Crippen LogP contribution in [0, 0.1) is 5.92 Å². The van der Waals surface area contributed by atoms with E-state index >= 15 is 0 Å². The number of piperazine rings is 1. The first-order valence-corrected chi connectivity index (χ1v) is 10.3. The maximum absolute atomic E-state index is 12.6. The monoisotopic (exact) mass is 359 g/mol. The summed E-state index contributed by atoms with van der Waals surface area (Å²) in [5, 5.41) is 0. The molecule has 3 heterocycles. The Kier molecular flexibility index (Phi) is 5.06. The number of amides is 1. The lowest BCUT2D eigenvalue weighted by atomic mass is 9.86. The Morgan fingerprint density at radius 2 is 2.08 bits per heavy atom. The Hall–Kier alpha value is -1.40. The summed E-state index contributed by atoms with van der Waals surface area (Å²) in [6.07, 6.45) is 9.39. The van der Waals surface area contributed by atoms with Gasteiger partial charge in [0.2, 0.25) is 5.91 Å². The number of carbonyl (C=O) groups is 1. The molecule has 1 aliphatic carbocycles. The van der Waals surface area contributed by atoms with E-state index in [1.54, 1.807) is 0 Å². The molecule has 2 saturated heterocycles. The zero-order chi connectivity index (χ0) is 18.1. The molecule has 1 atom stereocenters. The SMILES string of the molecule is CCn1ccnc1CN1CCN(C)[C@@]2(CCC(=O)N(CC3CC3)CC2)C1. The summed E-state index contributed by atoms with van der Waals surface area (Å²) >= 11 is 0. The molecule has 1 spiro atoms. The van der Waals surface area contributed by atoms with E-state index < -0.39 is 0 Å². The Labute approximate surface area is 157 Å². The fourth-order valence-electron chi connectivity index (χ4n) is 4.69.